The van der Waals surface area contributed by atoms with Gasteiger partial charge in [-0.05, 0) is 49.6 Å². The smallest absolute Gasteiger partial charge is 0.125 e. The number of hydrogen-bond donors (Lipinski definition) is 0. The van der Waals surface area contributed by atoms with E-state index in [-0.39, 0.29) is 5.82 Å². The summed E-state index contributed by atoms with van der Waals surface area (Å²) in [7, 11) is 0. The van der Waals surface area contributed by atoms with Crippen molar-refractivity contribution in [1.29, 1.82) is 0 Å². The van der Waals surface area contributed by atoms with Crippen LogP contribution in [0.4, 0.5) is 10.1 Å². The molecule has 1 aromatic carbocycles. The zero-order chi connectivity index (χ0) is 12.8. The molecule has 0 saturated carbocycles. The Kier molecular flexibility index (Phi) is 4.83. The van der Waals surface area contributed by atoms with Gasteiger partial charge in [-0.2, -0.15) is 0 Å². The Labute approximate surface area is 102 Å². The van der Waals surface area contributed by atoms with Gasteiger partial charge in [-0.1, -0.05) is 25.6 Å². The first-order chi connectivity index (χ1) is 8.08. The minimum absolute atomic E-state index is 0.267. The van der Waals surface area contributed by atoms with Crippen molar-refractivity contribution in [2.24, 2.45) is 4.99 Å². The molecule has 0 aliphatic rings. The van der Waals surface area contributed by atoms with Crippen molar-refractivity contribution in [3.05, 3.63) is 53.9 Å². The van der Waals surface area contributed by atoms with Crippen LogP contribution in [0.3, 0.4) is 0 Å². The number of aryl methyl sites for hydroxylation is 1. The van der Waals surface area contributed by atoms with Crippen LogP contribution in [0.15, 0.2) is 47.5 Å². The van der Waals surface area contributed by atoms with Crippen LogP contribution in [-0.2, 0) is 0 Å². The summed E-state index contributed by atoms with van der Waals surface area (Å²) >= 11 is 0. The maximum atomic E-state index is 13.2. The molecule has 0 fully saturated rings. The molecule has 0 spiro atoms. The van der Waals surface area contributed by atoms with Gasteiger partial charge in [0.1, 0.15) is 5.82 Å². The fourth-order valence-corrected chi connectivity index (χ4v) is 1.41. The lowest BCUT2D eigenvalue weighted by Gasteiger charge is -2.05. The van der Waals surface area contributed by atoms with E-state index in [9.17, 15) is 4.39 Å². The second-order valence-corrected chi connectivity index (χ2v) is 3.88. The monoisotopic (exact) mass is 231 g/mol. The highest BCUT2D eigenvalue weighted by Gasteiger charge is 2.03. The normalized spacial score (nSPS) is 12.1. The van der Waals surface area contributed by atoms with Gasteiger partial charge in [0, 0.05) is 0 Å². The second kappa shape index (κ2) is 6.14. The highest BCUT2D eigenvalue weighted by molar-refractivity contribution is 6.09. The molecule has 0 aromatic heterocycles. The maximum absolute atomic E-state index is 13.2. The first kappa shape index (κ1) is 13.4. The van der Waals surface area contributed by atoms with E-state index in [2.05, 4.69) is 11.6 Å². The van der Waals surface area contributed by atoms with E-state index in [4.69, 9.17) is 0 Å². The fourth-order valence-electron chi connectivity index (χ4n) is 1.41. The molecule has 1 aromatic rings. The molecule has 90 valence electrons. The maximum Gasteiger partial charge on any atom is 0.125 e. The number of benzene rings is 1. The zero-order valence-corrected chi connectivity index (χ0v) is 10.6. The van der Waals surface area contributed by atoms with E-state index >= 15 is 0 Å². The van der Waals surface area contributed by atoms with Gasteiger partial charge in [0.2, 0.25) is 0 Å². The first-order valence-electron chi connectivity index (χ1n) is 5.74. The number of hydrogen-bond acceptors (Lipinski definition) is 1. The summed E-state index contributed by atoms with van der Waals surface area (Å²) < 4.78 is 13.2. The summed E-state index contributed by atoms with van der Waals surface area (Å²) in [4.78, 5) is 4.47. The molecule has 2 heteroatoms. The summed E-state index contributed by atoms with van der Waals surface area (Å²) in [6.07, 6.45) is 4.64. The van der Waals surface area contributed by atoms with Crippen LogP contribution >= 0.6 is 0 Å². The highest BCUT2D eigenvalue weighted by Crippen LogP contribution is 2.21. The molecular formula is C15H18FN. The van der Waals surface area contributed by atoms with Crippen molar-refractivity contribution in [3.63, 3.8) is 0 Å². The summed E-state index contributed by atoms with van der Waals surface area (Å²) in [5.41, 5.74) is 3.38. The van der Waals surface area contributed by atoms with Crippen LogP contribution in [0.25, 0.3) is 0 Å². The van der Waals surface area contributed by atoms with Gasteiger partial charge in [-0.15, -0.1) is 0 Å². The number of halogens is 1. The molecule has 0 amide bonds. The van der Waals surface area contributed by atoms with E-state index < -0.39 is 0 Å². The minimum Gasteiger partial charge on any atom is -0.248 e. The molecular weight excluding hydrogens is 213 g/mol. The third-order valence-corrected chi connectivity index (χ3v) is 2.53. The van der Waals surface area contributed by atoms with Crippen LogP contribution < -0.4 is 0 Å². The van der Waals surface area contributed by atoms with Crippen molar-refractivity contribution in [3.8, 4) is 0 Å². The predicted molar refractivity (Wildman–Crippen MR) is 72.5 cm³/mol. The average Bonchev–Trinajstić information content (AvgIpc) is 2.32. The Hall–Kier alpha value is -1.70. The summed E-state index contributed by atoms with van der Waals surface area (Å²) in [6, 6.07) is 4.62. The summed E-state index contributed by atoms with van der Waals surface area (Å²) in [6.45, 7) is 9.84. The molecule has 0 atom stereocenters. The van der Waals surface area contributed by atoms with Crippen molar-refractivity contribution in [2.75, 3.05) is 0 Å². The van der Waals surface area contributed by atoms with Crippen molar-refractivity contribution in [2.45, 2.75) is 27.2 Å². The molecule has 1 rings (SSSR count). The second-order valence-electron chi connectivity index (χ2n) is 3.88. The van der Waals surface area contributed by atoms with Crippen molar-refractivity contribution >= 4 is 11.4 Å². The quantitative estimate of drug-likeness (QED) is 0.663. The molecule has 1 nitrogen and oxygen atoms in total. The molecule has 0 bridgehead atoms. The van der Waals surface area contributed by atoms with Crippen LogP contribution in [0.5, 0.6) is 0 Å². The molecule has 0 aliphatic heterocycles. The molecule has 17 heavy (non-hydrogen) atoms. The average molecular weight is 231 g/mol. The molecule has 0 aliphatic carbocycles. The third kappa shape index (κ3) is 3.66. The molecule has 0 radical (unpaired) electrons. The SMILES string of the molecule is C=C(CC)C(/C=C/C)=Nc1cc(F)ccc1C. The largest absolute Gasteiger partial charge is 0.248 e. The first-order valence-corrected chi connectivity index (χ1v) is 5.74. The Balaban J connectivity index is 3.21. The lowest BCUT2D eigenvalue weighted by molar-refractivity contribution is 0.628. The molecule has 0 heterocycles. The van der Waals surface area contributed by atoms with Crippen LogP contribution in [-0.4, -0.2) is 5.71 Å². The van der Waals surface area contributed by atoms with E-state index in [0.29, 0.717) is 5.69 Å². The standard InChI is InChI=1S/C15H18FN/c1-5-7-14(11(3)6-2)17-15-10-13(16)9-8-12(15)4/h5,7-10H,3,6H2,1-2,4H3/b7-5+,17-14?. The number of rotatable bonds is 4. The molecule has 0 unspecified atom stereocenters. The molecule has 0 N–H and O–H groups in total. The number of nitrogens with zero attached hydrogens (tertiary/aromatic N) is 1. The lowest BCUT2D eigenvalue weighted by Crippen LogP contribution is -1.96. The van der Waals surface area contributed by atoms with Gasteiger partial charge in [0.25, 0.3) is 0 Å². The van der Waals surface area contributed by atoms with E-state index in [0.717, 1.165) is 23.3 Å². The van der Waals surface area contributed by atoms with Crippen LogP contribution in [0.1, 0.15) is 25.8 Å². The fraction of sp³-hybridized carbons (Fsp3) is 0.267. The van der Waals surface area contributed by atoms with Gasteiger partial charge in [-0.25, -0.2) is 9.38 Å². The van der Waals surface area contributed by atoms with Gasteiger partial charge in [0.05, 0.1) is 11.4 Å². The number of aliphatic imine (C=N–C) groups is 1. The van der Waals surface area contributed by atoms with E-state index in [1.807, 2.05) is 32.9 Å². The van der Waals surface area contributed by atoms with Gasteiger partial charge in [0.15, 0.2) is 0 Å². The Bertz CT molecular complexity index is 470. The Morgan fingerprint density at radius 2 is 2.18 bits per heavy atom. The van der Waals surface area contributed by atoms with Gasteiger partial charge >= 0.3 is 0 Å². The van der Waals surface area contributed by atoms with E-state index in [1.165, 1.54) is 12.1 Å². The summed E-state index contributed by atoms with van der Waals surface area (Å²) in [5.74, 6) is -0.267. The zero-order valence-electron chi connectivity index (χ0n) is 10.6. The third-order valence-electron chi connectivity index (χ3n) is 2.53. The minimum atomic E-state index is -0.267. The highest BCUT2D eigenvalue weighted by atomic mass is 19.1. The van der Waals surface area contributed by atoms with Crippen LogP contribution in [0, 0.1) is 12.7 Å². The Morgan fingerprint density at radius 1 is 1.47 bits per heavy atom. The van der Waals surface area contributed by atoms with Gasteiger partial charge in [-0.3, -0.25) is 0 Å². The van der Waals surface area contributed by atoms with Crippen molar-refractivity contribution in [1.82, 2.24) is 0 Å². The Morgan fingerprint density at radius 3 is 2.76 bits per heavy atom. The lowest BCUT2D eigenvalue weighted by atomic mass is 10.1. The molecule has 0 saturated heterocycles. The van der Waals surface area contributed by atoms with Gasteiger partial charge < -0.3 is 0 Å². The van der Waals surface area contributed by atoms with Crippen LogP contribution in [0.2, 0.25) is 0 Å². The topological polar surface area (TPSA) is 12.4 Å². The summed E-state index contributed by atoms with van der Waals surface area (Å²) in [5, 5.41) is 0. The number of allylic oxidation sites excluding steroid dienone is 3. The van der Waals surface area contributed by atoms with E-state index in [1.54, 1.807) is 6.07 Å². The van der Waals surface area contributed by atoms with Crippen molar-refractivity contribution < 1.29 is 4.39 Å². The predicted octanol–water partition coefficient (Wildman–Crippen LogP) is 4.75.